The Kier molecular flexibility index (Phi) is 3.73. The lowest BCUT2D eigenvalue weighted by Crippen LogP contribution is -2.54. The maximum atomic E-state index is 12.6. The number of carbonyl (C=O) groups excluding carboxylic acids is 1. The summed E-state index contributed by atoms with van der Waals surface area (Å²) >= 11 is 0. The third-order valence-corrected chi connectivity index (χ3v) is 4.37. The summed E-state index contributed by atoms with van der Waals surface area (Å²) in [5, 5.41) is 0. The zero-order valence-corrected chi connectivity index (χ0v) is 11.1. The molecule has 2 fully saturated rings. The smallest absolute Gasteiger partial charge is 0.230 e. The average Bonchev–Trinajstić information content (AvgIpc) is 2.63. The number of nitrogens with zero attached hydrogens (tertiary/aromatic N) is 2. The molecule has 0 aromatic heterocycles. The first-order chi connectivity index (χ1) is 8.09. The first kappa shape index (κ1) is 12.8. The molecule has 1 saturated carbocycles. The summed E-state index contributed by atoms with van der Waals surface area (Å²) in [4.78, 5) is 16.9. The van der Waals surface area contributed by atoms with Crippen LogP contribution < -0.4 is 5.73 Å². The molecule has 98 valence electrons. The van der Waals surface area contributed by atoms with Gasteiger partial charge in [-0.3, -0.25) is 4.79 Å². The minimum Gasteiger partial charge on any atom is -0.338 e. The molecule has 0 aromatic carbocycles. The van der Waals surface area contributed by atoms with Gasteiger partial charge in [0, 0.05) is 25.7 Å². The monoisotopic (exact) mass is 239 g/mol. The van der Waals surface area contributed by atoms with Crippen LogP contribution in [-0.2, 0) is 4.79 Å². The Morgan fingerprint density at radius 3 is 2.59 bits per heavy atom. The maximum absolute atomic E-state index is 12.6. The van der Waals surface area contributed by atoms with Gasteiger partial charge in [0.1, 0.15) is 0 Å². The maximum Gasteiger partial charge on any atom is 0.230 e. The van der Waals surface area contributed by atoms with E-state index in [1.807, 2.05) is 0 Å². The van der Waals surface area contributed by atoms with Gasteiger partial charge in [-0.05, 0) is 39.8 Å². The van der Waals surface area contributed by atoms with Crippen molar-refractivity contribution in [2.24, 2.45) is 11.1 Å². The van der Waals surface area contributed by atoms with Crippen LogP contribution in [-0.4, -0.2) is 55.5 Å². The average molecular weight is 239 g/mol. The minimum atomic E-state index is -0.200. The Bertz CT molecular complexity index is 281. The number of hydrogen-bond acceptors (Lipinski definition) is 3. The molecule has 1 saturated heterocycles. The van der Waals surface area contributed by atoms with Gasteiger partial charge in [-0.1, -0.05) is 6.42 Å². The van der Waals surface area contributed by atoms with Crippen LogP contribution in [0.15, 0.2) is 0 Å². The molecule has 0 radical (unpaired) electrons. The van der Waals surface area contributed by atoms with Crippen LogP contribution >= 0.6 is 0 Å². The molecule has 1 aliphatic carbocycles. The second-order valence-electron chi connectivity index (χ2n) is 5.89. The van der Waals surface area contributed by atoms with Gasteiger partial charge in [-0.25, -0.2) is 0 Å². The van der Waals surface area contributed by atoms with Crippen molar-refractivity contribution in [3.63, 3.8) is 0 Å². The fraction of sp³-hybridized carbons (Fsp3) is 0.923. The highest BCUT2D eigenvalue weighted by atomic mass is 16.2. The number of rotatable bonds is 4. The number of amides is 1. The molecule has 4 nitrogen and oxygen atoms in total. The second-order valence-corrected chi connectivity index (χ2v) is 5.89. The SMILES string of the molecule is CN(C)CC1CCCN1C(=O)C1(CN)CCC1. The van der Waals surface area contributed by atoms with Gasteiger partial charge in [0.15, 0.2) is 0 Å². The van der Waals surface area contributed by atoms with Crippen molar-refractivity contribution in [1.29, 1.82) is 0 Å². The Balaban J connectivity index is 2.02. The van der Waals surface area contributed by atoms with Crippen LogP contribution in [0, 0.1) is 5.41 Å². The fourth-order valence-electron chi connectivity index (χ4n) is 3.13. The standard InChI is InChI=1S/C13H25N3O/c1-15(2)9-11-5-3-8-16(11)12(17)13(10-14)6-4-7-13/h11H,3-10,14H2,1-2H3. The highest BCUT2D eigenvalue weighted by Gasteiger charge is 2.47. The summed E-state index contributed by atoms with van der Waals surface area (Å²) in [7, 11) is 4.14. The van der Waals surface area contributed by atoms with Crippen LogP contribution in [0.4, 0.5) is 0 Å². The van der Waals surface area contributed by atoms with E-state index in [4.69, 9.17) is 5.73 Å². The second kappa shape index (κ2) is 4.94. The topological polar surface area (TPSA) is 49.6 Å². The molecule has 4 heteroatoms. The lowest BCUT2D eigenvalue weighted by molar-refractivity contribution is -0.147. The third kappa shape index (κ3) is 2.33. The van der Waals surface area contributed by atoms with Crippen molar-refractivity contribution >= 4 is 5.91 Å². The molecule has 17 heavy (non-hydrogen) atoms. The molecule has 1 amide bonds. The minimum absolute atomic E-state index is 0.200. The van der Waals surface area contributed by atoms with Crippen molar-refractivity contribution in [2.45, 2.75) is 38.1 Å². The Morgan fingerprint density at radius 2 is 2.12 bits per heavy atom. The van der Waals surface area contributed by atoms with E-state index in [9.17, 15) is 4.79 Å². The Hall–Kier alpha value is -0.610. The molecule has 1 unspecified atom stereocenters. The molecule has 1 heterocycles. The van der Waals surface area contributed by atoms with E-state index in [0.717, 1.165) is 45.2 Å². The molecule has 0 aromatic rings. The van der Waals surface area contributed by atoms with Crippen LogP contribution in [0.5, 0.6) is 0 Å². The molecular weight excluding hydrogens is 214 g/mol. The van der Waals surface area contributed by atoms with E-state index in [-0.39, 0.29) is 5.41 Å². The third-order valence-electron chi connectivity index (χ3n) is 4.37. The van der Waals surface area contributed by atoms with E-state index in [2.05, 4.69) is 23.9 Å². The van der Waals surface area contributed by atoms with E-state index in [1.165, 1.54) is 0 Å². The molecule has 2 rings (SSSR count). The van der Waals surface area contributed by atoms with Crippen molar-refractivity contribution in [2.75, 3.05) is 33.7 Å². The predicted octanol–water partition coefficient (Wildman–Crippen LogP) is 0.668. The lowest BCUT2D eigenvalue weighted by Gasteiger charge is -2.43. The van der Waals surface area contributed by atoms with Gasteiger partial charge in [0.25, 0.3) is 0 Å². The summed E-state index contributed by atoms with van der Waals surface area (Å²) in [6.45, 7) is 2.43. The fourth-order valence-corrected chi connectivity index (χ4v) is 3.13. The Morgan fingerprint density at radius 1 is 1.41 bits per heavy atom. The number of hydrogen-bond donors (Lipinski definition) is 1. The van der Waals surface area contributed by atoms with Crippen LogP contribution in [0.25, 0.3) is 0 Å². The predicted molar refractivity (Wildman–Crippen MR) is 68.6 cm³/mol. The summed E-state index contributed by atoms with van der Waals surface area (Å²) in [6.07, 6.45) is 5.44. The van der Waals surface area contributed by atoms with Gasteiger partial charge < -0.3 is 15.5 Å². The van der Waals surface area contributed by atoms with Crippen LogP contribution in [0.2, 0.25) is 0 Å². The van der Waals surface area contributed by atoms with E-state index in [0.29, 0.717) is 18.5 Å². The molecule has 2 aliphatic rings. The van der Waals surface area contributed by atoms with Gasteiger partial charge in [-0.15, -0.1) is 0 Å². The first-order valence-electron chi connectivity index (χ1n) is 6.75. The highest BCUT2D eigenvalue weighted by Crippen LogP contribution is 2.42. The lowest BCUT2D eigenvalue weighted by atomic mass is 9.67. The van der Waals surface area contributed by atoms with Crippen LogP contribution in [0.1, 0.15) is 32.1 Å². The summed E-state index contributed by atoms with van der Waals surface area (Å²) in [5.41, 5.74) is 5.63. The van der Waals surface area contributed by atoms with E-state index < -0.39 is 0 Å². The molecule has 1 atom stereocenters. The van der Waals surface area contributed by atoms with Gasteiger partial charge in [-0.2, -0.15) is 0 Å². The zero-order chi connectivity index (χ0) is 12.5. The normalized spacial score (nSPS) is 27.3. The van der Waals surface area contributed by atoms with E-state index >= 15 is 0 Å². The number of nitrogens with two attached hydrogens (primary N) is 1. The van der Waals surface area contributed by atoms with Crippen molar-refractivity contribution in [3.8, 4) is 0 Å². The highest BCUT2D eigenvalue weighted by molar-refractivity contribution is 5.84. The molecule has 2 N–H and O–H groups in total. The molecule has 0 bridgehead atoms. The summed E-state index contributed by atoms with van der Waals surface area (Å²) < 4.78 is 0. The quantitative estimate of drug-likeness (QED) is 0.784. The van der Waals surface area contributed by atoms with Gasteiger partial charge in [0.2, 0.25) is 5.91 Å². The Labute approximate surface area is 104 Å². The van der Waals surface area contributed by atoms with E-state index in [1.54, 1.807) is 0 Å². The number of likely N-dealkylation sites (N-methyl/N-ethyl adjacent to an activating group) is 1. The largest absolute Gasteiger partial charge is 0.338 e. The van der Waals surface area contributed by atoms with Crippen LogP contribution in [0.3, 0.4) is 0 Å². The number of carbonyl (C=O) groups is 1. The number of likely N-dealkylation sites (tertiary alicyclic amines) is 1. The van der Waals surface area contributed by atoms with Crippen molar-refractivity contribution < 1.29 is 4.79 Å². The van der Waals surface area contributed by atoms with Gasteiger partial charge in [0.05, 0.1) is 5.41 Å². The molecule has 0 spiro atoms. The summed E-state index contributed by atoms with van der Waals surface area (Å²) in [5.74, 6) is 0.329. The first-order valence-corrected chi connectivity index (χ1v) is 6.75. The van der Waals surface area contributed by atoms with Gasteiger partial charge >= 0.3 is 0 Å². The summed E-state index contributed by atoms with van der Waals surface area (Å²) in [6, 6.07) is 0.404. The molecule has 1 aliphatic heterocycles. The van der Waals surface area contributed by atoms with Crippen molar-refractivity contribution in [3.05, 3.63) is 0 Å². The van der Waals surface area contributed by atoms with Crippen molar-refractivity contribution in [1.82, 2.24) is 9.80 Å². The zero-order valence-electron chi connectivity index (χ0n) is 11.1. The molecular formula is C13H25N3O.